The fourth-order valence-corrected chi connectivity index (χ4v) is 4.29. The lowest BCUT2D eigenvalue weighted by Gasteiger charge is -2.03. The van der Waals surface area contributed by atoms with Crippen LogP contribution in [-0.4, -0.2) is 20.0 Å². The Bertz CT molecular complexity index is 1140. The van der Waals surface area contributed by atoms with Crippen LogP contribution in [0.25, 0.3) is 28.6 Å². The van der Waals surface area contributed by atoms with E-state index >= 15 is 0 Å². The molecule has 0 aliphatic rings. The number of benzene rings is 2. The van der Waals surface area contributed by atoms with Crippen LogP contribution < -0.4 is 0 Å². The zero-order valence-corrected chi connectivity index (χ0v) is 19.0. The highest BCUT2D eigenvalue weighted by Crippen LogP contribution is 2.29. The number of hydrogen-bond acceptors (Lipinski definition) is 4. The SMILES string of the molecule is CCc1nc(CCC/C=C/c2cccc(-c3nn(CC)nc3-c3ccccc3)c2)cs1. The van der Waals surface area contributed by atoms with E-state index in [4.69, 9.17) is 10.2 Å². The van der Waals surface area contributed by atoms with E-state index in [2.05, 4.69) is 72.8 Å². The summed E-state index contributed by atoms with van der Waals surface area (Å²) in [5.74, 6) is 0. The Balaban J connectivity index is 1.46. The molecule has 158 valence electrons. The number of rotatable bonds is 9. The quantitative estimate of drug-likeness (QED) is 0.279. The summed E-state index contributed by atoms with van der Waals surface area (Å²) >= 11 is 1.77. The Labute approximate surface area is 188 Å². The minimum Gasteiger partial charge on any atom is -0.246 e. The highest BCUT2D eigenvalue weighted by atomic mass is 32.1. The van der Waals surface area contributed by atoms with E-state index in [1.807, 2.05) is 18.2 Å². The third kappa shape index (κ3) is 5.36. The van der Waals surface area contributed by atoms with Crippen LogP contribution in [0.3, 0.4) is 0 Å². The second kappa shape index (κ2) is 10.3. The summed E-state index contributed by atoms with van der Waals surface area (Å²) < 4.78 is 0. The molecule has 0 atom stereocenters. The van der Waals surface area contributed by atoms with Crippen molar-refractivity contribution in [3.05, 3.63) is 82.3 Å². The van der Waals surface area contributed by atoms with Gasteiger partial charge in [-0.2, -0.15) is 15.0 Å². The van der Waals surface area contributed by atoms with Gasteiger partial charge in [-0.3, -0.25) is 0 Å². The van der Waals surface area contributed by atoms with Crippen LogP contribution in [0.1, 0.15) is 43.0 Å². The molecule has 0 bridgehead atoms. The second-order valence-electron chi connectivity index (χ2n) is 7.46. The zero-order chi connectivity index (χ0) is 21.5. The zero-order valence-electron chi connectivity index (χ0n) is 18.2. The molecule has 0 amide bonds. The minimum atomic E-state index is 0.748. The summed E-state index contributed by atoms with van der Waals surface area (Å²) in [6.07, 6.45) is 8.69. The maximum atomic E-state index is 4.74. The third-order valence-corrected chi connectivity index (χ3v) is 6.20. The first-order valence-corrected chi connectivity index (χ1v) is 11.9. The van der Waals surface area contributed by atoms with Crippen LogP contribution >= 0.6 is 11.3 Å². The van der Waals surface area contributed by atoms with Crippen LogP contribution in [-0.2, 0) is 19.4 Å². The smallest absolute Gasteiger partial charge is 0.121 e. The first-order chi connectivity index (χ1) is 15.3. The Morgan fingerprint density at radius 1 is 0.935 bits per heavy atom. The molecule has 5 heteroatoms. The molecule has 4 nitrogen and oxygen atoms in total. The van der Waals surface area contributed by atoms with Crippen molar-refractivity contribution in [2.75, 3.05) is 0 Å². The highest BCUT2D eigenvalue weighted by Gasteiger charge is 2.14. The van der Waals surface area contributed by atoms with Crippen LogP contribution in [0.5, 0.6) is 0 Å². The first kappa shape index (κ1) is 21.2. The molecule has 4 aromatic rings. The van der Waals surface area contributed by atoms with E-state index < -0.39 is 0 Å². The summed E-state index contributed by atoms with van der Waals surface area (Å²) in [4.78, 5) is 6.42. The molecule has 4 rings (SSSR count). The van der Waals surface area contributed by atoms with Gasteiger partial charge in [-0.05, 0) is 44.2 Å². The molecule has 0 aliphatic carbocycles. The molecule has 2 aromatic heterocycles. The van der Waals surface area contributed by atoms with Crippen LogP contribution in [0.2, 0.25) is 0 Å². The van der Waals surface area contributed by atoms with Gasteiger partial charge in [0.05, 0.1) is 17.2 Å². The molecule has 2 aromatic carbocycles. The summed E-state index contributed by atoms with van der Waals surface area (Å²) in [6, 6.07) is 18.8. The molecule has 0 spiro atoms. The summed E-state index contributed by atoms with van der Waals surface area (Å²) in [7, 11) is 0. The van der Waals surface area contributed by atoms with E-state index in [1.54, 1.807) is 16.1 Å². The molecule has 0 N–H and O–H groups in total. The molecule has 0 radical (unpaired) electrons. The third-order valence-electron chi connectivity index (χ3n) is 5.16. The molecule has 0 unspecified atom stereocenters. The van der Waals surface area contributed by atoms with E-state index in [0.29, 0.717) is 0 Å². The fourth-order valence-electron chi connectivity index (χ4n) is 3.51. The normalized spacial score (nSPS) is 11.4. The van der Waals surface area contributed by atoms with Crippen molar-refractivity contribution in [3.63, 3.8) is 0 Å². The molecule has 0 aliphatic heterocycles. The predicted molar refractivity (Wildman–Crippen MR) is 130 cm³/mol. The fraction of sp³-hybridized carbons (Fsp3) is 0.269. The Morgan fingerprint density at radius 2 is 1.71 bits per heavy atom. The average Bonchev–Trinajstić information content (AvgIpc) is 3.47. The van der Waals surface area contributed by atoms with E-state index in [-0.39, 0.29) is 0 Å². The lowest BCUT2D eigenvalue weighted by atomic mass is 10.0. The Morgan fingerprint density at radius 3 is 2.45 bits per heavy atom. The average molecular weight is 429 g/mol. The molecule has 2 heterocycles. The monoisotopic (exact) mass is 428 g/mol. The van der Waals surface area contributed by atoms with Gasteiger partial charge in [-0.25, -0.2) is 4.98 Å². The number of allylic oxidation sites excluding steroid dienone is 1. The number of aromatic nitrogens is 4. The lowest BCUT2D eigenvalue weighted by Crippen LogP contribution is -1.98. The van der Waals surface area contributed by atoms with Crippen LogP contribution in [0, 0.1) is 0 Å². The van der Waals surface area contributed by atoms with Crippen molar-refractivity contribution in [1.82, 2.24) is 20.0 Å². The van der Waals surface area contributed by atoms with Gasteiger partial charge in [-0.15, -0.1) is 11.3 Å². The number of unbranched alkanes of at least 4 members (excludes halogenated alkanes) is 1. The number of hydrogen-bond donors (Lipinski definition) is 0. The van der Waals surface area contributed by atoms with E-state index in [9.17, 15) is 0 Å². The van der Waals surface area contributed by atoms with Crippen molar-refractivity contribution in [3.8, 4) is 22.5 Å². The standard InChI is InChI=1S/C26H28N4S/c1-3-24-27-23(19-31-24)17-10-5-7-12-20-13-11-16-22(18-20)26-25(28-30(4-2)29-26)21-14-8-6-9-15-21/h6-9,11-16,18-19H,3-5,10,17H2,1-2H3/b12-7+. The summed E-state index contributed by atoms with van der Waals surface area (Å²) in [5, 5.41) is 12.9. The molecule has 0 fully saturated rings. The lowest BCUT2D eigenvalue weighted by molar-refractivity contribution is 0.572. The topological polar surface area (TPSA) is 43.6 Å². The molecule has 0 saturated carbocycles. The molecular weight excluding hydrogens is 400 g/mol. The van der Waals surface area contributed by atoms with Gasteiger partial charge in [0.1, 0.15) is 11.4 Å². The van der Waals surface area contributed by atoms with Crippen LogP contribution in [0.15, 0.2) is 66.1 Å². The highest BCUT2D eigenvalue weighted by molar-refractivity contribution is 7.09. The van der Waals surface area contributed by atoms with Gasteiger partial charge in [0.15, 0.2) is 0 Å². The van der Waals surface area contributed by atoms with Crippen molar-refractivity contribution in [2.45, 2.75) is 46.1 Å². The molecule has 0 saturated heterocycles. The van der Waals surface area contributed by atoms with E-state index in [0.717, 1.165) is 54.7 Å². The maximum Gasteiger partial charge on any atom is 0.121 e. The number of aryl methyl sites for hydroxylation is 3. The predicted octanol–water partition coefficient (Wildman–Crippen LogP) is 6.69. The van der Waals surface area contributed by atoms with Crippen molar-refractivity contribution in [1.29, 1.82) is 0 Å². The van der Waals surface area contributed by atoms with Gasteiger partial charge in [0, 0.05) is 16.5 Å². The molecular formula is C26H28N4S. The summed E-state index contributed by atoms with van der Waals surface area (Å²) in [5.41, 5.74) is 6.45. The van der Waals surface area contributed by atoms with Crippen molar-refractivity contribution >= 4 is 17.4 Å². The van der Waals surface area contributed by atoms with Crippen molar-refractivity contribution in [2.24, 2.45) is 0 Å². The Kier molecular flexibility index (Phi) is 7.05. The first-order valence-electron chi connectivity index (χ1n) is 11.0. The molecule has 31 heavy (non-hydrogen) atoms. The van der Waals surface area contributed by atoms with Gasteiger partial charge in [0.25, 0.3) is 0 Å². The van der Waals surface area contributed by atoms with Gasteiger partial charge < -0.3 is 0 Å². The van der Waals surface area contributed by atoms with Crippen LogP contribution in [0.4, 0.5) is 0 Å². The number of thiazole rings is 1. The maximum absolute atomic E-state index is 4.74. The van der Waals surface area contributed by atoms with Gasteiger partial charge in [-0.1, -0.05) is 67.6 Å². The minimum absolute atomic E-state index is 0.748. The van der Waals surface area contributed by atoms with Gasteiger partial charge in [0.2, 0.25) is 0 Å². The van der Waals surface area contributed by atoms with Crippen molar-refractivity contribution < 1.29 is 0 Å². The number of nitrogens with zero attached hydrogens (tertiary/aromatic N) is 4. The summed E-state index contributed by atoms with van der Waals surface area (Å²) in [6.45, 7) is 4.97. The second-order valence-corrected chi connectivity index (χ2v) is 8.40. The van der Waals surface area contributed by atoms with E-state index in [1.165, 1.54) is 16.3 Å². The largest absolute Gasteiger partial charge is 0.246 e. The Hall–Kier alpha value is -3.05. The van der Waals surface area contributed by atoms with Gasteiger partial charge >= 0.3 is 0 Å².